The smallest absolute Gasteiger partial charge is 0.253 e. The largest absolute Gasteiger partial charge is 0.347 e. The van der Waals surface area contributed by atoms with E-state index in [2.05, 4.69) is 17.6 Å². The van der Waals surface area contributed by atoms with Crippen LogP contribution in [0.25, 0.3) is 11.1 Å². The molecule has 1 N–H and O–H groups in total. The Balaban J connectivity index is 1.37. The summed E-state index contributed by atoms with van der Waals surface area (Å²) in [5.74, 6) is -0.668. The molecule has 156 valence electrons. The molecule has 0 spiro atoms. The summed E-state index contributed by atoms with van der Waals surface area (Å²) in [5, 5.41) is 22.1. The molecule has 1 amide bonds. The van der Waals surface area contributed by atoms with E-state index in [0.29, 0.717) is 22.3 Å². The van der Waals surface area contributed by atoms with Crippen molar-refractivity contribution >= 4 is 17.5 Å². The molecule has 5 nitrogen and oxygen atoms in total. The van der Waals surface area contributed by atoms with Crippen molar-refractivity contribution in [2.75, 3.05) is 0 Å². The van der Waals surface area contributed by atoms with Crippen LogP contribution in [-0.4, -0.2) is 28.9 Å². The zero-order valence-corrected chi connectivity index (χ0v) is 17.5. The number of halogens is 2. The Morgan fingerprint density at radius 3 is 2.61 bits per heavy atom. The SMILES string of the molecule is N#CN1[C@H]2CC[C@@H]1[C@H](NC(=O)c1ccc(-c3cc(F)cc(C4(C#N)CC4)c3)cc1Cl)C2. The third kappa shape index (κ3) is 3.32. The number of hydrogen-bond acceptors (Lipinski definition) is 4. The number of hydrogen-bond donors (Lipinski definition) is 1. The predicted molar refractivity (Wildman–Crippen MR) is 114 cm³/mol. The quantitative estimate of drug-likeness (QED) is 0.717. The van der Waals surface area contributed by atoms with Crippen LogP contribution in [0.1, 0.15) is 48.0 Å². The standard InChI is InChI=1S/C24H20ClFN4O/c25-20-9-14(15-7-16(10-17(26)8-15)24(12-27)5-6-24)1-3-19(20)23(31)29-21-11-18-2-4-22(21)30(18)13-28/h1,3,7-10,18,21-22H,2,4-6,11H2,(H,29,31)/t18-,21+,22+/m0/s1. The monoisotopic (exact) mass is 434 g/mol. The molecule has 2 bridgehead atoms. The normalized spacial score (nSPS) is 25.0. The van der Waals surface area contributed by atoms with Crippen LogP contribution in [0.4, 0.5) is 4.39 Å². The highest BCUT2D eigenvalue weighted by molar-refractivity contribution is 6.34. The van der Waals surface area contributed by atoms with Crippen LogP contribution in [0, 0.1) is 28.6 Å². The number of carbonyl (C=O) groups excluding carboxylic acids is 1. The second-order valence-electron chi connectivity index (χ2n) is 8.74. The molecule has 3 aliphatic rings. The maximum Gasteiger partial charge on any atom is 0.253 e. The molecule has 3 fully saturated rings. The number of amides is 1. The van der Waals surface area contributed by atoms with Gasteiger partial charge in [-0.2, -0.15) is 10.5 Å². The third-order valence-corrected chi connectivity index (χ3v) is 7.24. The van der Waals surface area contributed by atoms with Crippen molar-refractivity contribution in [3.8, 4) is 23.4 Å². The molecule has 2 aromatic rings. The first-order valence-electron chi connectivity index (χ1n) is 10.5. The van der Waals surface area contributed by atoms with Gasteiger partial charge in [0.1, 0.15) is 5.82 Å². The molecule has 2 heterocycles. The fourth-order valence-corrected chi connectivity index (χ4v) is 5.31. The zero-order chi connectivity index (χ0) is 21.8. The van der Waals surface area contributed by atoms with Crippen molar-refractivity contribution in [1.82, 2.24) is 10.2 Å². The molecular formula is C24H20ClFN4O. The van der Waals surface area contributed by atoms with Gasteiger partial charge in [-0.05, 0) is 79.1 Å². The zero-order valence-electron chi connectivity index (χ0n) is 16.7. The van der Waals surface area contributed by atoms with Crippen molar-refractivity contribution in [3.63, 3.8) is 0 Å². The topological polar surface area (TPSA) is 79.9 Å². The maximum atomic E-state index is 14.2. The minimum absolute atomic E-state index is 0.0533. The Hall–Kier alpha value is -3.09. The number of nitrogens with one attached hydrogen (secondary N) is 1. The van der Waals surface area contributed by atoms with Crippen molar-refractivity contribution in [2.45, 2.75) is 55.6 Å². The van der Waals surface area contributed by atoms with Crippen molar-refractivity contribution in [1.29, 1.82) is 10.5 Å². The minimum atomic E-state index is -0.585. The summed E-state index contributed by atoms with van der Waals surface area (Å²) in [7, 11) is 0. The summed E-state index contributed by atoms with van der Waals surface area (Å²) in [6, 6.07) is 12.2. The molecule has 2 aliphatic heterocycles. The Morgan fingerprint density at radius 2 is 1.97 bits per heavy atom. The Kier molecular flexibility index (Phi) is 4.64. The van der Waals surface area contributed by atoms with E-state index in [4.69, 9.17) is 11.6 Å². The molecule has 31 heavy (non-hydrogen) atoms. The summed E-state index contributed by atoms with van der Waals surface area (Å²) in [5.41, 5.74) is 1.76. The van der Waals surface area contributed by atoms with E-state index in [9.17, 15) is 19.7 Å². The lowest BCUT2D eigenvalue weighted by molar-refractivity contribution is 0.0928. The number of carbonyl (C=O) groups is 1. The van der Waals surface area contributed by atoms with Crippen LogP contribution in [0.5, 0.6) is 0 Å². The van der Waals surface area contributed by atoms with Crippen molar-refractivity contribution in [3.05, 3.63) is 58.4 Å². The Bertz CT molecular complexity index is 1160. The van der Waals surface area contributed by atoms with Crippen molar-refractivity contribution < 1.29 is 9.18 Å². The van der Waals surface area contributed by atoms with E-state index in [0.717, 1.165) is 32.1 Å². The van der Waals surface area contributed by atoms with Gasteiger partial charge < -0.3 is 10.2 Å². The molecule has 1 saturated carbocycles. The number of rotatable bonds is 4. The summed E-state index contributed by atoms with van der Waals surface area (Å²) in [6.07, 6.45) is 6.37. The van der Waals surface area contributed by atoms with Crippen LogP contribution in [-0.2, 0) is 5.41 Å². The van der Waals surface area contributed by atoms with Crippen LogP contribution >= 0.6 is 11.6 Å². The average molecular weight is 435 g/mol. The van der Waals surface area contributed by atoms with E-state index in [1.807, 2.05) is 6.07 Å². The first-order valence-corrected chi connectivity index (χ1v) is 10.8. The van der Waals surface area contributed by atoms with Gasteiger partial charge in [-0.25, -0.2) is 4.39 Å². The molecule has 2 saturated heterocycles. The van der Waals surface area contributed by atoms with Gasteiger partial charge in [0.15, 0.2) is 6.19 Å². The second-order valence-corrected chi connectivity index (χ2v) is 9.15. The minimum Gasteiger partial charge on any atom is -0.347 e. The van der Waals surface area contributed by atoms with Crippen molar-refractivity contribution in [2.24, 2.45) is 0 Å². The van der Waals surface area contributed by atoms with Gasteiger partial charge in [0.25, 0.3) is 5.91 Å². The van der Waals surface area contributed by atoms with Gasteiger partial charge in [0.2, 0.25) is 0 Å². The van der Waals surface area contributed by atoms with Crippen LogP contribution < -0.4 is 5.32 Å². The van der Waals surface area contributed by atoms with E-state index in [1.165, 1.54) is 12.1 Å². The van der Waals surface area contributed by atoms with Crippen LogP contribution in [0.15, 0.2) is 36.4 Å². The molecule has 0 unspecified atom stereocenters. The second kappa shape index (κ2) is 7.25. The lowest BCUT2D eigenvalue weighted by atomic mass is 9.93. The number of benzene rings is 2. The van der Waals surface area contributed by atoms with E-state index >= 15 is 0 Å². The molecule has 0 radical (unpaired) electrons. The molecular weight excluding hydrogens is 415 g/mol. The summed E-state index contributed by atoms with van der Waals surface area (Å²) in [4.78, 5) is 14.6. The van der Waals surface area contributed by atoms with E-state index in [-0.39, 0.29) is 29.1 Å². The van der Waals surface area contributed by atoms with Gasteiger partial charge >= 0.3 is 0 Å². The first-order chi connectivity index (χ1) is 14.9. The van der Waals surface area contributed by atoms with Crippen LogP contribution in [0.2, 0.25) is 5.02 Å². The molecule has 0 aromatic heterocycles. The molecule has 5 rings (SSSR count). The summed E-state index contributed by atoms with van der Waals surface area (Å²) < 4.78 is 14.2. The fraction of sp³-hybridized carbons (Fsp3) is 0.375. The average Bonchev–Trinajstić information content (AvgIpc) is 3.38. The van der Waals surface area contributed by atoms with Gasteiger partial charge in [-0.15, -0.1) is 0 Å². The van der Waals surface area contributed by atoms with Gasteiger partial charge in [-0.3, -0.25) is 4.79 Å². The molecule has 1 aliphatic carbocycles. The summed E-state index contributed by atoms with van der Waals surface area (Å²) in [6.45, 7) is 0. The summed E-state index contributed by atoms with van der Waals surface area (Å²) >= 11 is 6.43. The van der Waals surface area contributed by atoms with Gasteiger partial charge in [0.05, 0.1) is 34.2 Å². The Morgan fingerprint density at radius 1 is 1.16 bits per heavy atom. The highest BCUT2D eigenvalue weighted by Gasteiger charge is 2.47. The van der Waals surface area contributed by atoms with Gasteiger partial charge in [-0.1, -0.05) is 17.7 Å². The lowest BCUT2D eigenvalue weighted by Gasteiger charge is -2.22. The molecule has 2 aromatic carbocycles. The fourth-order valence-electron chi connectivity index (χ4n) is 5.05. The number of fused-ring (bicyclic) bond motifs is 2. The lowest BCUT2D eigenvalue weighted by Crippen LogP contribution is -2.43. The highest BCUT2D eigenvalue weighted by Crippen LogP contribution is 2.48. The number of nitriles is 2. The van der Waals surface area contributed by atoms with E-state index in [1.54, 1.807) is 23.1 Å². The third-order valence-electron chi connectivity index (χ3n) is 6.93. The highest BCUT2D eigenvalue weighted by atomic mass is 35.5. The van der Waals surface area contributed by atoms with E-state index < -0.39 is 11.2 Å². The first kappa shape index (κ1) is 19.8. The maximum absolute atomic E-state index is 14.2. The predicted octanol–water partition coefficient (Wildman–Crippen LogP) is 4.52. The Labute approximate surface area is 185 Å². The molecule has 3 atom stereocenters. The van der Waals surface area contributed by atoms with Crippen LogP contribution in [0.3, 0.4) is 0 Å². The number of nitrogens with zero attached hydrogens (tertiary/aromatic N) is 3. The van der Waals surface area contributed by atoms with Gasteiger partial charge in [0, 0.05) is 6.04 Å². The molecule has 7 heteroatoms.